The summed E-state index contributed by atoms with van der Waals surface area (Å²) in [5.41, 5.74) is 4.01. The number of carbonyl (C=O) groups is 1. The smallest absolute Gasteiger partial charge is 0.368 e. The van der Waals surface area contributed by atoms with Crippen molar-refractivity contribution >= 4 is 17.7 Å². The maximum atomic E-state index is 12.4. The second kappa shape index (κ2) is 5.07. The SMILES string of the molecule is CN(C)C(=O)CNc1cc(C(F)(F)F)nc(N)n1. The number of rotatable bonds is 3. The fraction of sp³-hybridized carbons (Fsp3) is 0.444. The van der Waals surface area contributed by atoms with Crippen LogP contribution in [0.1, 0.15) is 5.69 Å². The zero-order chi connectivity index (χ0) is 13.9. The molecular weight excluding hydrogens is 251 g/mol. The first-order valence-electron chi connectivity index (χ1n) is 4.86. The van der Waals surface area contributed by atoms with E-state index < -0.39 is 17.8 Å². The van der Waals surface area contributed by atoms with Gasteiger partial charge in [0.05, 0.1) is 6.54 Å². The molecule has 18 heavy (non-hydrogen) atoms. The van der Waals surface area contributed by atoms with Crippen molar-refractivity contribution in [3.8, 4) is 0 Å². The number of carbonyl (C=O) groups excluding carboxylic acids is 1. The largest absolute Gasteiger partial charge is 0.433 e. The summed E-state index contributed by atoms with van der Waals surface area (Å²) in [5.74, 6) is -0.963. The maximum absolute atomic E-state index is 12.4. The Balaban J connectivity index is 2.84. The van der Waals surface area contributed by atoms with Crippen LogP contribution in [-0.4, -0.2) is 41.4 Å². The van der Waals surface area contributed by atoms with Crippen LogP contribution in [0.2, 0.25) is 0 Å². The summed E-state index contributed by atoms with van der Waals surface area (Å²) in [7, 11) is 3.05. The maximum Gasteiger partial charge on any atom is 0.433 e. The average molecular weight is 263 g/mol. The molecule has 1 heterocycles. The summed E-state index contributed by atoms with van der Waals surface area (Å²) < 4.78 is 37.3. The van der Waals surface area contributed by atoms with E-state index in [4.69, 9.17) is 5.73 Å². The van der Waals surface area contributed by atoms with Gasteiger partial charge in [-0.1, -0.05) is 0 Å². The van der Waals surface area contributed by atoms with Crippen molar-refractivity contribution in [3.63, 3.8) is 0 Å². The second-order valence-corrected chi connectivity index (χ2v) is 3.64. The molecule has 3 N–H and O–H groups in total. The second-order valence-electron chi connectivity index (χ2n) is 3.64. The molecule has 0 spiro atoms. The quantitative estimate of drug-likeness (QED) is 0.833. The van der Waals surface area contributed by atoms with E-state index in [2.05, 4.69) is 15.3 Å². The average Bonchev–Trinajstić information content (AvgIpc) is 2.23. The molecule has 1 rings (SSSR count). The monoisotopic (exact) mass is 263 g/mol. The predicted octanol–water partition coefficient (Wildman–Crippen LogP) is 0.578. The van der Waals surface area contributed by atoms with Gasteiger partial charge >= 0.3 is 6.18 Å². The predicted molar refractivity (Wildman–Crippen MR) is 58.6 cm³/mol. The third-order valence-corrected chi connectivity index (χ3v) is 1.95. The van der Waals surface area contributed by atoms with Crippen LogP contribution < -0.4 is 11.1 Å². The number of nitrogens with zero attached hydrogens (tertiary/aromatic N) is 3. The number of hydrogen-bond donors (Lipinski definition) is 2. The number of likely N-dealkylation sites (N-methyl/N-ethyl adjacent to an activating group) is 1. The Morgan fingerprint density at radius 2 is 2.06 bits per heavy atom. The molecule has 0 atom stereocenters. The Morgan fingerprint density at radius 3 is 2.56 bits per heavy atom. The molecular formula is C9H12F3N5O. The standard InChI is InChI=1S/C9H12F3N5O/c1-17(2)7(18)4-14-6-3-5(9(10,11)12)15-8(13)16-6/h3H,4H2,1-2H3,(H3,13,14,15,16). The molecule has 1 aromatic heterocycles. The highest BCUT2D eigenvalue weighted by atomic mass is 19.4. The molecule has 1 amide bonds. The third-order valence-electron chi connectivity index (χ3n) is 1.95. The van der Waals surface area contributed by atoms with Crippen LogP contribution in [0.4, 0.5) is 24.9 Å². The molecule has 0 unspecified atom stereocenters. The van der Waals surface area contributed by atoms with E-state index in [1.807, 2.05) is 0 Å². The lowest BCUT2D eigenvalue weighted by Gasteiger charge is -2.12. The van der Waals surface area contributed by atoms with E-state index in [9.17, 15) is 18.0 Å². The first kappa shape index (κ1) is 14.0. The van der Waals surface area contributed by atoms with Crippen LogP contribution in [0.25, 0.3) is 0 Å². The number of alkyl halides is 3. The van der Waals surface area contributed by atoms with Crippen molar-refractivity contribution in [2.75, 3.05) is 31.7 Å². The number of nitrogen functional groups attached to an aromatic ring is 1. The first-order chi connectivity index (χ1) is 8.20. The molecule has 0 saturated carbocycles. The molecule has 1 aromatic rings. The zero-order valence-corrected chi connectivity index (χ0v) is 9.75. The van der Waals surface area contributed by atoms with E-state index in [-0.39, 0.29) is 18.3 Å². The van der Waals surface area contributed by atoms with Gasteiger partial charge < -0.3 is 16.0 Å². The van der Waals surface area contributed by atoms with Crippen LogP contribution in [0, 0.1) is 0 Å². The number of nitrogens with two attached hydrogens (primary N) is 1. The van der Waals surface area contributed by atoms with Crippen molar-refractivity contribution in [1.82, 2.24) is 14.9 Å². The van der Waals surface area contributed by atoms with Crippen molar-refractivity contribution in [2.45, 2.75) is 6.18 Å². The van der Waals surface area contributed by atoms with Gasteiger partial charge in [-0.3, -0.25) is 4.79 Å². The molecule has 0 aromatic carbocycles. The lowest BCUT2D eigenvalue weighted by atomic mass is 10.3. The molecule has 0 fully saturated rings. The normalized spacial score (nSPS) is 11.2. The molecule has 0 aliphatic carbocycles. The summed E-state index contributed by atoms with van der Waals surface area (Å²) >= 11 is 0. The number of aromatic nitrogens is 2. The van der Waals surface area contributed by atoms with Gasteiger partial charge in [0.1, 0.15) is 5.82 Å². The van der Waals surface area contributed by atoms with Gasteiger partial charge in [0, 0.05) is 20.2 Å². The van der Waals surface area contributed by atoms with E-state index in [0.717, 1.165) is 0 Å². The molecule has 0 aliphatic rings. The number of nitrogens with one attached hydrogen (secondary N) is 1. The van der Waals surface area contributed by atoms with Crippen molar-refractivity contribution in [1.29, 1.82) is 0 Å². The van der Waals surface area contributed by atoms with E-state index in [0.29, 0.717) is 6.07 Å². The van der Waals surface area contributed by atoms with Gasteiger partial charge in [-0.15, -0.1) is 0 Å². The fourth-order valence-corrected chi connectivity index (χ4v) is 1.03. The molecule has 0 bridgehead atoms. The molecule has 0 saturated heterocycles. The van der Waals surface area contributed by atoms with Crippen molar-refractivity contribution < 1.29 is 18.0 Å². The summed E-state index contributed by atoms with van der Waals surface area (Å²) in [6.45, 7) is -0.180. The summed E-state index contributed by atoms with van der Waals surface area (Å²) in [6, 6.07) is 0.694. The van der Waals surface area contributed by atoms with Crippen molar-refractivity contribution in [3.05, 3.63) is 11.8 Å². The van der Waals surface area contributed by atoms with Crippen LogP contribution in [-0.2, 0) is 11.0 Å². The van der Waals surface area contributed by atoms with Crippen LogP contribution >= 0.6 is 0 Å². The minimum atomic E-state index is -4.61. The number of hydrogen-bond acceptors (Lipinski definition) is 5. The highest BCUT2D eigenvalue weighted by Gasteiger charge is 2.33. The minimum Gasteiger partial charge on any atom is -0.368 e. The lowest BCUT2D eigenvalue weighted by molar-refractivity contribution is -0.141. The van der Waals surface area contributed by atoms with Gasteiger partial charge in [0.25, 0.3) is 0 Å². The van der Waals surface area contributed by atoms with Crippen LogP contribution in [0.5, 0.6) is 0 Å². The van der Waals surface area contributed by atoms with E-state index in [1.165, 1.54) is 19.0 Å². The van der Waals surface area contributed by atoms with Gasteiger partial charge in [0.2, 0.25) is 11.9 Å². The fourth-order valence-electron chi connectivity index (χ4n) is 1.03. The molecule has 6 nitrogen and oxygen atoms in total. The Bertz CT molecular complexity index is 446. The lowest BCUT2D eigenvalue weighted by Crippen LogP contribution is -2.29. The summed E-state index contributed by atoms with van der Waals surface area (Å²) in [5, 5.41) is 2.46. The summed E-state index contributed by atoms with van der Waals surface area (Å²) in [6.07, 6.45) is -4.61. The first-order valence-corrected chi connectivity index (χ1v) is 4.86. The molecule has 0 aliphatic heterocycles. The minimum absolute atomic E-state index is 0.148. The molecule has 9 heteroatoms. The van der Waals surface area contributed by atoms with E-state index >= 15 is 0 Å². The zero-order valence-electron chi connectivity index (χ0n) is 9.75. The number of halogens is 3. The highest BCUT2D eigenvalue weighted by Crippen LogP contribution is 2.29. The van der Waals surface area contributed by atoms with Crippen LogP contribution in [0.15, 0.2) is 6.07 Å². The van der Waals surface area contributed by atoms with Gasteiger partial charge in [-0.25, -0.2) is 4.98 Å². The highest BCUT2D eigenvalue weighted by molar-refractivity contribution is 5.80. The summed E-state index contributed by atoms with van der Waals surface area (Å²) in [4.78, 5) is 19.2. The van der Waals surface area contributed by atoms with Crippen molar-refractivity contribution in [2.24, 2.45) is 0 Å². The molecule has 100 valence electrons. The molecule has 0 radical (unpaired) electrons. The van der Waals surface area contributed by atoms with Gasteiger partial charge in [-0.2, -0.15) is 18.2 Å². The Hall–Kier alpha value is -2.06. The third kappa shape index (κ3) is 3.75. The number of amides is 1. The van der Waals surface area contributed by atoms with Gasteiger partial charge in [-0.05, 0) is 0 Å². The topological polar surface area (TPSA) is 84.1 Å². The Labute approximate surface area is 101 Å². The van der Waals surface area contributed by atoms with Gasteiger partial charge in [0.15, 0.2) is 5.69 Å². The Kier molecular flexibility index (Phi) is 3.94. The van der Waals surface area contributed by atoms with Crippen LogP contribution in [0.3, 0.4) is 0 Å². The number of anilines is 2. The van der Waals surface area contributed by atoms with E-state index in [1.54, 1.807) is 0 Å². The Morgan fingerprint density at radius 1 is 1.44 bits per heavy atom.